The van der Waals surface area contributed by atoms with Crippen LogP contribution in [0.2, 0.25) is 0 Å². The van der Waals surface area contributed by atoms with Crippen LogP contribution in [0.25, 0.3) is 0 Å². The van der Waals surface area contributed by atoms with E-state index in [1.807, 2.05) is 13.8 Å². The Morgan fingerprint density at radius 1 is 1.00 bits per heavy atom. The van der Waals surface area contributed by atoms with Gasteiger partial charge in [0.05, 0.1) is 4.92 Å². The highest BCUT2D eigenvalue weighted by Crippen LogP contribution is 2.23. The molecule has 0 aliphatic rings. The zero-order chi connectivity index (χ0) is 16.3. The fourth-order valence-corrected chi connectivity index (χ4v) is 2.75. The van der Waals surface area contributed by atoms with Crippen LogP contribution in [0.5, 0.6) is 5.75 Å². The van der Waals surface area contributed by atoms with Gasteiger partial charge in [-0.25, -0.2) is 0 Å². The van der Waals surface area contributed by atoms with Crippen molar-refractivity contribution in [3.05, 3.63) is 64.2 Å². The minimum Gasteiger partial charge on any atom is -0.379 e. The van der Waals surface area contributed by atoms with E-state index in [1.165, 1.54) is 0 Å². The van der Waals surface area contributed by atoms with Gasteiger partial charge in [-0.2, -0.15) is 8.42 Å². The number of non-ortho nitro benzene ring substituents is 1. The summed E-state index contributed by atoms with van der Waals surface area (Å²) in [5, 5.41) is 10.6. The maximum absolute atomic E-state index is 12.1. The van der Waals surface area contributed by atoms with Crippen molar-refractivity contribution in [1.29, 1.82) is 0 Å². The van der Waals surface area contributed by atoms with E-state index in [2.05, 4.69) is 0 Å². The van der Waals surface area contributed by atoms with Crippen LogP contribution in [0.1, 0.15) is 25.3 Å². The number of hydrogen-bond acceptors (Lipinski definition) is 5. The van der Waals surface area contributed by atoms with Crippen LogP contribution in [0.4, 0.5) is 5.69 Å². The molecule has 0 amide bonds. The van der Waals surface area contributed by atoms with Crippen molar-refractivity contribution in [3.8, 4) is 5.75 Å². The standard InChI is InChI=1S/C15H15NO5S/c1-11(2)12-3-7-14(8-4-12)21-22(19,20)15-9-5-13(6-10-15)16(17)18/h3-11H,1-2H3. The normalized spacial score (nSPS) is 11.4. The van der Waals surface area contributed by atoms with E-state index < -0.39 is 15.0 Å². The van der Waals surface area contributed by atoms with Gasteiger partial charge in [-0.15, -0.1) is 0 Å². The van der Waals surface area contributed by atoms with Gasteiger partial charge in [-0.3, -0.25) is 10.1 Å². The summed E-state index contributed by atoms with van der Waals surface area (Å²) >= 11 is 0. The fraction of sp³-hybridized carbons (Fsp3) is 0.200. The van der Waals surface area contributed by atoms with Gasteiger partial charge in [0.1, 0.15) is 10.6 Å². The summed E-state index contributed by atoms with van der Waals surface area (Å²) in [5.41, 5.74) is 0.889. The number of hydrogen-bond donors (Lipinski definition) is 0. The predicted octanol–water partition coefficient (Wildman–Crippen LogP) is 3.49. The lowest BCUT2D eigenvalue weighted by Crippen LogP contribution is -2.09. The van der Waals surface area contributed by atoms with E-state index in [1.54, 1.807) is 24.3 Å². The average molecular weight is 321 g/mol. The van der Waals surface area contributed by atoms with E-state index in [0.29, 0.717) is 5.92 Å². The summed E-state index contributed by atoms with van der Waals surface area (Å²) in [7, 11) is -4.01. The molecule has 2 aromatic rings. The second-order valence-electron chi connectivity index (χ2n) is 5.01. The first kappa shape index (κ1) is 16.0. The van der Waals surface area contributed by atoms with Crippen molar-refractivity contribution in [2.75, 3.05) is 0 Å². The van der Waals surface area contributed by atoms with E-state index in [0.717, 1.165) is 29.8 Å². The molecule has 0 fully saturated rings. The van der Waals surface area contributed by atoms with Gasteiger partial charge in [0, 0.05) is 12.1 Å². The van der Waals surface area contributed by atoms with Gasteiger partial charge in [0.25, 0.3) is 5.69 Å². The highest BCUT2D eigenvalue weighted by atomic mass is 32.2. The van der Waals surface area contributed by atoms with E-state index in [-0.39, 0.29) is 16.3 Å². The van der Waals surface area contributed by atoms with E-state index in [4.69, 9.17) is 4.18 Å². The van der Waals surface area contributed by atoms with Crippen molar-refractivity contribution in [2.45, 2.75) is 24.7 Å². The number of nitro groups is 1. The number of nitro benzene ring substituents is 1. The summed E-state index contributed by atoms with van der Waals surface area (Å²) < 4.78 is 29.2. The quantitative estimate of drug-likeness (QED) is 0.478. The van der Waals surface area contributed by atoms with Crippen molar-refractivity contribution >= 4 is 15.8 Å². The Balaban J connectivity index is 2.21. The van der Waals surface area contributed by atoms with Crippen LogP contribution >= 0.6 is 0 Å². The molecule has 22 heavy (non-hydrogen) atoms. The lowest BCUT2D eigenvalue weighted by atomic mass is 10.0. The Hall–Kier alpha value is -2.41. The summed E-state index contributed by atoms with van der Waals surface area (Å²) in [4.78, 5) is 9.84. The Morgan fingerprint density at radius 3 is 2.00 bits per heavy atom. The molecule has 0 aromatic heterocycles. The molecular weight excluding hydrogens is 306 g/mol. The average Bonchev–Trinajstić information content (AvgIpc) is 2.47. The highest BCUT2D eigenvalue weighted by molar-refractivity contribution is 7.87. The Labute approximate surface area is 128 Å². The fourth-order valence-electron chi connectivity index (χ4n) is 1.82. The molecular formula is C15H15NO5S. The molecule has 6 nitrogen and oxygen atoms in total. The molecule has 116 valence electrons. The van der Waals surface area contributed by atoms with Gasteiger partial charge in [-0.1, -0.05) is 26.0 Å². The third-order valence-electron chi connectivity index (χ3n) is 3.09. The second-order valence-corrected chi connectivity index (χ2v) is 6.56. The molecule has 0 unspecified atom stereocenters. The lowest BCUT2D eigenvalue weighted by Gasteiger charge is -2.09. The summed E-state index contributed by atoms with van der Waals surface area (Å²) in [6.07, 6.45) is 0. The first-order chi connectivity index (χ1) is 10.3. The van der Waals surface area contributed by atoms with Gasteiger partial charge in [0.2, 0.25) is 0 Å². The highest BCUT2D eigenvalue weighted by Gasteiger charge is 2.18. The molecule has 0 spiro atoms. The predicted molar refractivity (Wildman–Crippen MR) is 81.4 cm³/mol. The van der Waals surface area contributed by atoms with Gasteiger partial charge < -0.3 is 4.18 Å². The Morgan fingerprint density at radius 2 is 1.55 bits per heavy atom. The monoisotopic (exact) mass is 321 g/mol. The molecule has 0 aliphatic carbocycles. The topological polar surface area (TPSA) is 86.5 Å². The van der Waals surface area contributed by atoms with Crippen molar-refractivity contribution in [3.63, 3.8) is 0 Å². The maximum Gasteiger partial charge on any atom is 0.339 e. The number of rotatable bonds is 5. The van der Waals surface area contributed by atoms with Crippen LogP contribution in [0, 0.1) is 10.1 Å². The van der Waals surface area contributed by atoms with Crippen molar-refractivity contribution in [1.82, 2.24) is 0 Å². The number of nitrogens with zero attached hydrogens (tertiary/aromatic N) is 1. The SMILES string of the molecule is CC(C)c1ccc(OS(=O)(=O)c2ccc([N+](=O)[O-])cc2)cc1. The third kappa shape index (κ3) is 3.62. The number of benzene rings is 2. The van der Waals surface area contributed by atoms with Crippen LogP contribution < -0.4 is 4.18 Å². The van der Waals surface area contributed by atoms with Crippen LogP contribution in [-0.4, -0.2) is 13.3 Å². The van der Waals surface area contributed by atoms with Crippen molar-refractivity contribution in [2.24, 2.45) is 0 Å². The minimum atomic E-state index is -4.01. The minimum absolute atomic E-state index is 0.133. The van der Waals surface area contributed by atoms with E-state index in [9.17, 15) is 18.5 Å². The summed E-state index contributed by atoms with van der Waals surface area (Å²) in [5.74, 6) is 0.531. The summed E-state index contributed by atoms with van der Waals surface area (Å²) in [6, 6.07) is 11.3. The third-order valence-corrected chi connectivity index (χ3v) is 4.35. The molecule has 2 aromatic carbocycles. The molecule has 0 heterocycles. The Kier molecular flexibility index (Phi) is 4.46. The first-order valence-corrected chi connectivity index (χ1v) is 7.99. The van der Waals surface area contributed by atoms with Gasteiger partial charge >= 0.3 is 10.1 Å². The molecule has 2 rings (SSSR count). The smallest absolute Gasteiger partial charge is 0.339 e. The first-order valence-electron chi connectivity index (χ1n) is 6.58. The van der Waals surface area contributed by atoms with E-state index >= 15 is 0 Å². The van der Waals surface area contributed by atoms with Crippen LogP contribution in [0.15, 0.2) is 53.4 Å². The second kappa shape index (κ2) is 6.15. The molecule has 0 radical (unpaired) electrons. The maximum atomic E-state index is 12.1. The van der Waals surface area contributed by atoms with Crippen molar-refractivity contribution < 1.29 is 17.5 Å². The largest absolute Gasteiger partial charge is 0.379 e. The lowest BCUT2D eigenvalue weighted by molar-refractivity contribution is -0.384. The zero-order valence-corrected chi connectivity index (χ0v) is 12.9. The Bertz CT molecular complexity index is 765. The molecule has 0 saturated heterocycles. The zero-order valence-electron chi connectivity index (χ0n) is 12.1. The van der Waals surface area contributed by atoms with Crippen LogP contribution in [0.3, 0.4) is 0 Å². The summed E-state index contributed by atoms with van der Waals surface area (Å²) in [6.45, 7) is 4.06. The molecule has 0 atom stereocenters. The van der Waals surface area contributed by atoms with Gasteiger partial charge in [-0.05, 0) is 35.7 Å². The molecule has 0 aliphatic heterocycles. The molecule has 7 heteroatoms. The van der Waals surface area contributed by atoms with Crippen LogP contribution in [-0.2, 0) is 10.1 Å². The van der Waals surface area contributed by atoms with Gasteiger partial charge in [0.15, 0.2) is 0 Å². The molecule has 0 bridgehead atoms. The molecule has 0 N–H and O–H groups in total. The molecule has 0 saturated carbocycles.